The number of hydrogen-bond acceptors (Lipinski definition) is 6. The third-order valence-electron chi connectivity index (χ3n) is 5.78. The summed E-state index contributed by atoms with van der Waals surface area (Å²) >= 11 is 0. The number of fused-ring (bicyclic) bond motifs is 3. The molecule has 1 aliphatic rings. The molecule has 0 unspecified atom stereocenters. The molecule has 0 saturated heterocycles. The number of hydrogen-bond donors (Lipinski definition) is 1. The predicted octanol–water partition coefficient (Wildman–Crippen LogP) is 5.32. The first-order valence-corrected chi connectivity index (χ1v) is 11.4. The molecule has 1 aromatic heterocycles. The van der Waals surface area contributed by atoms with Gasteiger partial charge in [0.2, 0.25) is 5.95 Å². The number of ether oxygens (including phenoxy) is 3. The maximum atomic E-state index is 13.1. The Kier molecular flexibility index (Phi) is 6.58. The van der Waals surface area contributed by atoms with E-state index in [0.29, 0.717) is 42.2 Å². The summed E-state index contributed by atoms with van der Waals surface area (Å²) in [5, 5.41) is 3.29. The quantitative estimate of drug-likeness (QED) is 0.469. The molecule has 7 heteroatoms. The van der Waals surface area contributed by atoms with Crippen LogP contribution < -0.4 is 14.8 Å². The van der Waals surface area contributed by atoms with Crippen LogP contribution in [0, 0.1) is 5.92 Å². The Labute approximate surface area is 194 Å². The number of allylic oxidation sites excluding steroid dienone is 1. The topological polar surface area (TPSA) is 74.6 Å². The van der Waals surface area contributed by atoms with Gasteiger partial charge in [-0.15, -0.1) is 0 Å². The summed E-state index contributed by atoms with van der Waals surface area (Å²) in [5.41, 5.74) is 3.93. The van der Waals surface area contributed by atoms with Crippen molar-refractivity contribution in [1.82, 2.24) is 9.55 Å². The molecular formula is C26H31N3O4. The van der Waals surface area contributed by atoms with Gasteiger partial charge in [-0.3, -0.25) is 4.57 Å². The number of benzene rings is 2. The van der Waals surface area contributed by atoms with Crippen LogP contribution in [-0.2, 0) is 9.53 Å². The van der Waals surface area contributed by atoms with E-state index in [0.717, 1.165) is 28.7 Å². The van der Waals surface area contributed by atoms with Crippen LogP contribution in [-0.4, -0.2) is 35.8 Å². The largest absolute Gasteiger partial charge is 0.493 e. The second-order valence-corrected chi connectivity index (χ2v) is 8.52. The van der Waals surface area contributed by atoms with Crippen LogP contribution in [0.5, 0.6) is 11.5 Å². The van der Waals surface area contributed by atoms with E-state index in [9.17, 15) is 4.79 Å². The molecular weight excluding hydrogens is 418 g/mol. The van der Waals surface area contributed by atoms with E-state index in [-0.39, 0.29) is 5.97 Å². The minimum atomic E-state index is -0.425. The van der Waals surface area contributed by atoms with Gasteiger partial charge in [-0.05, 0) is 56.0 Å². The zero-order valence-corrected chi connectivity index (χ0v) is 19.8. The summed E-state index contributed by atoms with van der Waals surface area (Å²) < 4.78 is 19.1. The average Bonchev–Trinajstić information content (AvgIpc) is 3.16. The number of nitrogens with one attached hydrogen (secondary N) is 1. The number of aromatic nitrogens is 2. The molecule has 0 bridgehead atoms. The Bertz CT molecular complexity index is 1200. The van der Waals surface area contributed by atoms with Crippen molar-refractivity contribution in [3.63, 3.8) is 0 Å². The van der Waals surface area contributed by atoms with Crippen LogP contribution in [0.2, 0.25) is 0 Å². The summed E-state index contributed by atoms with van der Waals surface area (Å²) in [4.78, 5) is 17.8. The first-order chi connectivity index (χ1) is 15.9. The van der Waals surface area contributed by atoms with Crippen LogP contribution in [0.3, 0.4) is 0 Å². The Balaban J connectivity index is 1.83. The van der Waals surface area contributed by atoms with Gasteiger partial charge in [-0.25, -0.2) is 9.78 Å². The lowest BCUT2D eigenvalue weighted by Gasteiger charge is -2.30. The van der Waals surface area contributed by atoms with Crippen molar-refractivity contribution in [3.05, 3.63) is 59.3 Å². The Hall–Kier alpha value is -3.48. The van der Waals surface area contributed by atoms with E-state index in [1.807, 2.05) is 60.9 Å². The molecule has 0 spiro atoms. The smallest absolute Gasteiger partial charge is 0.338 e. The SMILES string of the molecule is CCOC(=O)C1=C(C)Nc2nc3ccccc3n2[C@H]1c1ccc(OCCC(C)C)c(OC)c1. The van der Waals surface area contributed by atoms with Crippen molar-refractivity contribution in [1.29, 1.82) is 0 Å². The molecule has 0 fully saturated rings. The average molecular weight is 450 g/mol. The Morgan fingerprint density at radius 2 is 1.97 bits per heavy atom. The van der Waals surface area contributed by atoms with Gasteiger partial charge in [0.25, 0.3) is 0 Å². The number of imidazole rings is 1. The minimum absolute atomic E-state index is 0.297. The van der Waals surface area contributed by atoms with Crippen LogP contribution in [0.15, 0.2) is 53.7 Å². The number of nitrogens with zero attached hydrogens (tertiary/aromatic N) is 2. The van der Waals surface area contributed by atoms with E-state index in [1.165, 1.54) is 0 Å². The van der Waals surface area contributed by atoms with Gasteiger partial charge in [-0.1, -0.05) is 32.0 Å². The summed E-state index contributed by atoms with van der Waals surface area (Å²) in [5.74, 6) is 2.19. The van der Waals surface area contributed by atoms with Gasteiger partial charge in [0.15, 0.2) is 11.5 Å². The molecule has 7 nitrogen and oxygen atoms in total. The third-order valence-corrected chi connectivity index (χ3v) is 5.78. The number of methoxy groups -OCH3 is 1. The molecule has 174 valence electrons. The number of esters is 1. The molecule has 0 aliphatic carbocycles. The number of anilines is 1. The van der Waals surface area contributed by atoms with Gasteiger partial charge >= 0.3 is 5.97 Å². The molecule has 1 aliphatic heterocycles. The molecule has 0 radical (unpaired) electrons. The van der Waals surface area contributed by atoms with E-state index in [1.54, 1.807) is 7.11 Å². The maximum absolute atomic E-state index is 13.1. The number of carbonyl (C=O) groups excluding carboxylic acids is 1. The normalized spacial score (nSPS) is 15.4. The molecule has 0 saturated carbocycles. The lowest BCUT2D eigenvalue weighted by molar-refractivity contribution is -0.139. The molecule has 33 heavy (non-hydrogen) atoms. The zero-order chi connectivity index (χ0) is 23.5. The second kappa shape index (κ2) is 9.57. The second-order valence-electron chi connectivity index (χ2n) is 8.52. The zero-order valence-electron chi connectivity index (χ0n) is 19.8. The number of carbonyl (C=O) groups is 1. The summed E-state index contributed by atoms with van der Waals surface area (Å²) in [6.45, 7) is 8.93. The van der Waals surface area contributed by atoms with E-state index in [2.05, 4.69) is 19.2 Å². The Morgan fingerprint density at radius 3 is 2.70 bits per heavy atom. The van der Waals surface area contributed by atoms with Crippen molar-refractivity contribution in [2.24, 2.45) is 5.92 Å². The van der Waals surface area contributed by atoms with Crippen molar-refractivity contribution in [2.45, 2.75) is 40.2 Å². The monoisotopic (exact) mass is 449 g/mol. The highest BCUT2D eigenvalue weighted by molar-refractivity contribution is 5.94. The molecule has 2 heterocycles. The van der Waals surface area contributed by atoms with E-state index < -0.39 is 6.04 Å². The standard InChI is InChI=1S/C26H31N3O4/c1-6-32-25(30)23-17(4)27-26-28-19-9-7-8-10-20(19)29(26)24(23)18-11-12-21(22(15-18)31-5)33-14-13-16(2)3/h7-12,15-16,24H,6,13-14H2,1-5H3,(H,27,28)/t24-/m0/s1. The van der Waals surface area contributed by atoms with Gasteiger partial charge in [-0.2, -0.15) is 0 Å². The molecule has 3 aromatic rings. The number of para-hydroxylation sites is 2. The fourth-order valence-electron chi connectivity index (χ4n) is 4.13. The third kappa shape index (κ3) is 4.40. The Morgan fingerprint density at radius 1 is 1.18 bits per heavy atom. The first-order valence-electron chi connectivity index (χ1n) is 11.4. The fourth-order valence-corrected chi connectivity index (χ4v) is 4.13. The summed E-state index contributed by atoms with van der Waals surface area (Å²) in [6.07, 6.45) is 0.957. The van der Waals surface area contributed by atoms with Crippen molar-refractivity contribution in [3.8, 4) is 11.5 Å². The van der Waals surface area contributed by atoms with Crippen LogP contribution in [0.4, 0.5) is 5.95 Å². The van der Waals surface area contributed by atoms with E-state index in [4.69, 9.17) is 19.2 Å². The predicted molar refractivity (Wildman–Crippen MR) is 129 cm³/mol. The lowest BCUT2D eigenvalue weighted by Crippen LogP contribution is -2.29. The van der Waals surface area contributed by atoms with Crippen LogP contribution in [0.25, 0.3) is 11.0 Å². The van der Waals surface area contributed by atoms with Crippen molar-refractivity contribution in [2.75, 3.05) is 25.6 Å². The molecule has 1 atom stereocenters. The summed E-state index contributed by atoms with van der Waals surface area (Å²) in [7, 11) is 1.63. The lowest BCUT2D eigenvalue weighted by atomic mass is 9.94. The summed E-state index contributed by atoms with van der Waals surface area (Å²) in [6, 6.07) is 13.3. The molecule has 4 rings (SSSR count). The van der Waals surface area contributed by atoms with Crippen molar-refractivity contribution >= 4 is 23.0 Å². The minimum Gasteiger partial charge on any atom is -0.493 e. The van der Waals surface area contributed by atoms with Gasteiger partial charge in [0, 0.05) is 5.70 Å². The molecule has 2 aromatic carbocycles. The van der Waals surface area contributed by atoms with Gasteiger partial charge < -0.3 is 19.5 Å². The fraction of sp³-hybridized carbons (Fsp3) is 0.385. The van der Waals surface area contributed by atoms with Gasteiger partial charge in [0.1, 0.15) is 0 Å². The van der Waals surface area contributed by atoms with Gasteiger partial charge in [0.05, 0.1) is 43.0 Å². The van der Waals surface area contributed by atoms with E-state index >= 15 is 0 Å². The molecule has 1 N–H and O–H groups in total. The highest BCUT2D eigenvalue weighted by Crippen LogP contribution is 2.41. The number of rotatable bonds is 8. The maximum Gasteiger partial charge on any atom is 0.338 e. The first kappa shape index (κ1) is 22.7. The van der Waals surface area contributed by atoms with Crippen LogP contribution in [0.1, 0.15) is 45.7 Å². The highest BCUT2D eigenvalue weighted by atomic mass is 16.5. The van der Waals surface area contributed by atoms with Crippen LogP contribution >= 0.6 is 0 Å². The highest BCUT2D eigenvalue weighted by Gasteiger charge is 2.35. The molecule has 0 amide bonds. The van der Waals surface area contributed by atoms with Crippen molar-refractivity contribution < 1.29 is 19.0 Å².